The zero-order valence-electron chi connectivity index (χ0n) is 11.2. The molecule has 0 unspecified atom stereocenters. The van der Waals surface area contributed by atoms with Gasteiger partial charge in [0, 0.05) is 5.46 Å². The number of rotatable bonds is 3. The molecule has 1 aromatic rings. The first-order valence-electron chi connectivity index (χ1n) is 5.93. The molecule has 94 valence electrons. The van der Waals surface area contributed by atoms with Crippen LogP contribution in [0.1, 0.15) is 33.5 Å². The van der Waals surface area contributed by atoms with Crippen LogP contribution in [0.3, 0.4) is 0 Å². The Morgan fingerprint density at radius 1 is 1.18 bits per heavy atom. The van der Waals surface area contributed by atoms with Gasteiger partial charge in [0.05, 0.1) is 24.0 Å². The summed E-state index contributed by atoms with van der Waals surface area (Å²) < 4.78 is 17.3. The lowest BCUT2D eigenvalue weighted by Gasteiger charge is -2.32. The highest BCUT2D eigenvalue weighted by Gasteiger charge is 2.52. The fourth-order valence-corrected chi connectivity index (χ4v) is 1.77. The van der Waals surface area contributed by atoms with Crippen molar-refractivity contribution < 1.29 is 13.7 Å². The zero-order valence-corrected chi connectivity index (χ0v) is 11.2. The van der Waals surface area contributed by atoms with E-state index in [-0.39, 0.29) is 18.3 Å². The Balaban J connectivity index is 2.14. The van der Waals surface area contributed by atoms with Crippen LogP contribution in [0, 0.1) is 0 Å². The molecule has 1 fully saturated rings. The summed E-state index contributed by atoms with van der Waals surface area (Å²) in [7, 11) is 1.55. The van der Waals surface area contributed by atoms with E-state index in [1.54, 1.807) is 6.26 Å². The Kier molecular flexibility index (Phi) is 3.10. The summed E-state index contributed by atoms with van der Waals surface area (Å²) in [5.41, 5.74) is 0.324. The molecular weight excluding hydrogens is 217 g/mol. The molecule has 0 aliphatic carbocycles. The largest absolute Gasteiger partial charge is 0.498 e. The van der Waals surface area contributed by atoms with E-state index in [1.807, 2.05) is 40.8 Å². The van der Waals surface area contributed by atoms with Gasteiger partial charge in [-0.3, -0.25) is 0 Å². The Morgan fingerprint density at radius 2 is 1.76 bits per heavy atom. The second-order valence-electron chi connectivity index (χ2n) is 5.46. The lowest BCUT2D eigenvalue weighted by atomic mass is 9.81. The van der Waals surface area contributed by atoms with Crippen LogP contribution in [0.15, 0.2) is 16.7 Å². The van der Waals surface area contributed by atoms with Crippen molar-refractivity contribution in [3.63, 3.8) is 0 Å². The molecular formula is C12H20BNO3. The molecule has 1 N–H and O–H groups in total. The first-order valence-corrected chi connectivity index (χ1v) is 5.93. The SMILES string of the molecule is CNCc1cc(B2OC(C)(C)C(C)(C)O2)co1. The number of furan rings is 1. The summed E-state index contributed by atoms with van der Waals surface area (Å²) in [6.07, 6.45) is 1.70. The smallest absolute Gasteiger partial charge is 0.468 e. The minimum Gasteiger partial charge on any atom is -0.468 e. The van der Waals surface area contributed by atoms with E-state index in [9.17, 15) is 0 Å². The summed E-state index contributed by atoms with van der Waals surface area (Å²) in [4.78, 5) is 0. The molecule has 1 aromatic heterocycles. The Labute approximate surface area is 103 Å². The summed E-state index contributed by atoms with van der Waals surface area (Å²) in [5, 5.41) is 3.05. The molecule has 0 bridgehead atoms. The zero-order chi connectivity index (χ0) is 12.7. The van der Waals surface area contributed by atoms with Crippen LogP contribution < -0.4 is 10.8 Å². The molecule has 0 saturated carbocycles. The van der Waals surface area contributed by atoms with E-state index in [0.717, 1.165) is 11.2 Å². The summed E-state index contributed by atoms with van der Waals surface area (Å²) in [6, 6.07) is 1.97. The van der Waals surface area contributed by atoms with Gasteiger partial charge in [0.25, 0.3) is 0 Å². The highest BCUT2D eigenvalue weighted by molar-refractivity contribution is 6.62. The van der Waals surface area contributed by atoms with Gasteiger partial charge in [-0.25, -0.2) is 0 Å². The van der Waals surface area contributed by atoms with Crippen molar-refractivity contribution in [2.24, 2.45) is 0 Å². The minimum absolute atomic E-state index is 0.307. The molecule has 0 atom stereocenters. The van der Waals surface area contributed by atoms with E-state index < -0.39 is 0 Å². The van der Waals surface area contributed by atoms with Gasteiger partial charge in [-0.15, -0.1) is 0 Å². The predicted molar refractivity (Wildman–Crippen MR) is 67.2 cm³/mol. The molecule has 0 spiro atoms. The van der Waals surface area contributed by atoms with Gasteiger partial charge in [-0.1, -0.05) is 0 Å². The fraction of sp³-hybridized carbons (Fsp3) is 0.667. The van der Waals surface area contributed by atoms with Crippen molar-refractivity contribution in [3.05, 3.63) is 18.1 Å². The average molecular weight is 237 g/mol. The van der Waals surface area contributed by atoms with Gasteiger partial charge >= 0.3 is 7.12 Å². The van der Waals surface area contributed by atoms with Crippen LogP contribution in [0.25, 0.3) is 0 Å². The molecule has 0 amide bonds. The maximum atomic E-state index is 5.94. The number of hydrogen-bond acceptors (Lipinski definition) is 4. The molecule has 4 nitrogen and oxygen atoms in total. The highest BCUT2D eigenvalue weighted by Crippen LogP contribution is 2.36. The van der Waals surface area contributed by atoms with Crippen LogP contribution in [-0.2, 0) is 15.9 Å². The van der Waals surface area contributed by atoms with Gasteiger partial charge in [-0.2, -0.15) is 0 Å². The molecule has 1 aliphatic heterocycles. The molecule has 17 heavy (non-hydrogen) atoms. The van der Waals surface area contributed by atoms with E-state index in [1.165, 1.54) is 0 Å². The van der Waals surface area contributed by atoms with Crippen LogP contribution in [0.2, 0.25) is 0 Å². The molecule has 1 saturated heterocycles. The maximum Gasteiger partial charge on any atom is 0.498 e. The van der Waals surface area contributed by atoms with Crippen LogP contribution in [0.4, 0.5) is 0 Å². The second kappa shape index (κ2) is 4.16. The van der Waals surface area contributed by atoms with Gasteiger partial charge in [-0.05, 0) is 40.8 Å². The summed E-state index contributed by atoms with van der Waals surface area (Å²) in [6.45, 7) is 8.88. The lowest BCUT2D eigenvalue weighted by molar-refractivity contribution is 0.00578. The predicted octanol–water partition coefficient (Wildman–Crippen LogP) is 1.30. The molecule has 2 heterocycles. The van der Waals surface area contributed by atoms with Crippen LogP contribution in [-0.4, -0.2) is 25.4 Å². The third kappa shape index (κ3) is 2.27. The summed E-state index contributed by atoms with van der Waals surface area (Å²) in [5.74, 6) is 0.886. The molecule has 1 aliphatic rings. The third-order valence-corrected chi connectivity index (χ3v) is 3.55. The minimum atomic E-state index is -0.339. The fourth-order valence-electron chi connectivity index (χ4n) is 1.77. The van der Waals surface area contributed by atoms with Gasteiger partial charge in [0.1, 0.15) is 5.76 Å². The van der Waals surface area contributed by atoms with E-state index in [2.05, 4.69) is 5.32 Å². The highest BCUT2D eigenvalue weighted by atomic mass is 16.7. The van der Waals surface area contributed by atoms with Gasteiger partial charge in [0.2, 0.25) is 0 Å². The van der Waals surface area contributed by atoms with Crippen molar-refractivity contribution >= 4 is 12.6 Å². The van der Waals surface area contributed by atoms with Gasteiger partial charge in [0.15, 0.2) is 0 Å². The Morgan fingerprint density at radius 3 is 2.29 bits per heavy atom. The van der Waals surface area contributed by atoms with Crippen molar-refractivity contribution in [2.45, 2.75) is 45.4 Å². The van der Waals surface area contributed by atoms with Crippen molar-refractivity contribution in [1.82, 2.24) is 5.32 Å². The number of hydrogen-bond donors (Lipinski definition) is 1. The lowest BCUT2D eigenvalue weighted by Crippen LogP contribution is -2.41. The third-order valence-electron chi connectivity index (χ3n) is 3.55. The topological polar surface area (TPSA) is 43.6 Å². The average Bonchev–Trinajstić information content (AvgIpc) is 2.71. The first-order chi connectivity index (χ1) is 7.86. The van der Waals surface area contributed by atoms with E-state index in [0.29, 0.717) is 6.54 Å². The van der Waals surface area contributed by atoms with Gasteiger partial charge < -0.3 is 19.0 Å². The quantitative estimate of drug-likeness (QED) is 0.804. The normalized spacial score (nSPS) is 22.1. The van der Waals surface area contributed by atoms with Crippen LogP contribution >= 0.6 is 0 Å². The van der Waals surface area contributed by atoms with E-state index in [4.69, 9.17) is 13.7 Å². The first kappa shape index (κ1) is 12.7. The number of nitrogens with one attached hydrogen (secondary N) is 1. The molecule has 2 rings (SSSR count). The Bertz CT molecular complexity index is 384. The molecule has 5 heteroatoms. The van der Waals surface area contributed by atoms with Crippen molar-refractivity contribution in [3.8, 4) is 0 Å². The monoisotopic (exact) mass is 237 g/mol. The Hall–Kier alpha value is -0.775. The maximum absolute atomic E-state index is 5.94. The van der Waals surface area contributed by atoms with Crippen molar-refractivity contribution in [1.29, 1.82) is 0 Å². The van der Waals surface area contributed by atoms with Crippen molar-refractivity contribution in [2.75, 3.05) is 7.05 Å². The van der Waals surface area contributed by atoms with E-state index >= 15 is 0 Å². The standard InChI is InChI=1S/C12H20BNO3/c1-11(2)12(3,4)17-13(16-11)9-6-10(7-14-5)15-8-9/h6,8,14H,7H2,1-5H3. The second-order valence-corrected chi connectivity index (χ2v) is 5.46. The molecule has 0 radical (unpaired) electrons. The van der Waals surface area contributed by atoms with Crippen LogP contribution in [0.5, 0.6) is 0 Å². The summed E-state index contributed by atoms with van der Waals surface area (Å²) >= 11 is 0. The molecule has 0 aromatic carbocycles.